The van der Waals surface area contributed by atoms with Gasteiger partial charge in [-0.05, 0) is 38.1 Å². The molecule has 0 fully saturated rings. The first kappa shape index (κ1) is 15.7. The Hall–Kier alpha value is -1.34. The first-order valence-corrected chi connectivity index (χ1v) is 6.76. The fourth-order valence-electron chi connectivity index (χ4n) is 1.13. The first-order valence-electron chi connectivity index (χ1n) is 5.35. The minimum Gasteiger partial charge on any atom is -0.262 e. The van der Waals surface area contributed by atoms with Gasteiger partial charge in [-0.1, -0.05) is 11.6 Å². The molecule has 1 aromatic carbocycles. The molecule has 1 aromatic rings. The quantitative estimate of drug-likeness (QED) is 0.631. The Morgan fingerprint density at radius 1 is 1.26 bits per heavy atom. The molecule has 0 spiro atoms. The van der Waals surface area contributed by atoms with E-state index >= 15 is 0 Å². The Morgan fingerprint density at radius 3 is 2.21 bits per heavy atom. The number of allylic oxidation sites excluding steroid dienone is 1. The summed E-state index contributed by atoms with van der Waals surface area (Å²) < 4.78 is 65.1. The third kappa shape index (κ3) is 4.36. The molecule has 0 aliphatic carbocycles. The molecule has 7 heteroatoms. The molecule has 0 bridgehead atoms. The van der Waals surface area contributed by atoms with Crippen molar-refractivity contribution in [2.75, 3.05) is 6.61 Å². The summed E-state index contributed by atoms with van der Waals surface area (Å²) in [7, 11) is -4.04. The third-order valence-electron chi connectivity index (χ3n) is 2.40. The van der Waals surface area contributed by atoms with E-state index < -0.39 is 21.9 Å². The maximum Gasteiger partial charge on any atom is 0.416 e. The summed E-state index contributed by atoms with van der Waals surface area (Å²) in [5, 5.41) is 0. The van der Waals surface area contributed by atoms with Crippen LogP contribution >= 0.6 is 0 Å². The van der Waals surface area contributed by atoms with E-state index in [1.165, 1.54) is 0 Å². The lowest BCUT2D eigenvalue weighted by molar-refractivity contribution is -0.137. The van der Waals surface area contributed by atoms with Gasteiger partial charge in [0.25, 0.3) is 10.1 Å². The number of alkyl halides is 3. The minimum atomic E-state index is -4.50. The molecule has 0 radical (unpaired) electrons. The van der Waals surface area contributed by atoms with Crippen LogP contribution in [0, 0.1) is 0 Å². The van der Waals surface area contributed by atoms with Crippen molar-refractivity contribution < 1.29 is 25.8 Å². The summed E-state index contributed by atoms with van der Waals surface area (Å²) in [5.41, 5.74) is -0.202. The van der Waals surface area contributed by atoms with E-state index in [9.17, 15) is 21.6 Å². The molecule has 106 valence electrons. The van der Waals surface area contributed by atoms with Gasteiger partial charge in [0.2, 0.25) is 0 Å². The van der Waals surface area contributed by atoms with Gasteiger partial charge in [0, 0.05) is 0 Å². The van der Waals surface area contributed by atoms with E-state index in [1.807, 2.05) is 0 Å². The molecule has 0 unspecified atom stereocenters. The largest absolute Gasteiger partial charge is 0.416 e. The summed E-state index contributed by atoms with van der Waals surface area (Å²) in [6.45, 7) is 3.28. The fraction of sp³-hybridized carbons (Fsp3) is 0.333. The second-order valence-corrected chi connectivity index (χ2v) is 5.49. The summed E-state index contributed by atoms with van der Waals surface area (Å²) in [5.74, 6) is 0. The lowest BCUT2D eigenvalue weighted by Gasteiger charge is -2.08. The summed E-state index contributed by atoms with van der Waals surface area (Å²) in [6, 6.07) is 3.17. The van der Waals surface area contributed by atoms with Crippen LogP contribution in [0.4, 0.5) is 13.2 Å². The molecule has 3 nitrogen and oxygen atoms in total. The van der Waals surface area contributed by atoms with Crippen LogP contribution < -0.4 is 0 Å². The second-order valence-electron chi connectivity index (χ2n) is 3.87. The van der Waals surface area contributed by atoms with Crippen LogP contribution in [0.25, 0.3) is 0 Å². The van der Waals surface area contributed by atoms with E-state index in [1.54, 1.807) is 19.9 Å². The van der Waals surface area contributed by atoms with Crippen LogP contribution in [0.2, 0.25) is 0 Å². The lowest BCUT2D eigenvalue weighted by Crippen LogP contribution is -2.10. The van der Waals surface area contributed by atoms with Gasteiger partial charge in [-0.2, -0.15) is 21.6 Å². The highest BCUT2D eigenvalue weighted by atomic mass is 32.2. The molecule has 0 heterocycles. The molecular weight excluding hydrogens is 281 g/mol. The number of benzene rings is 1. The topological polar surface area (TPSA) is 43.4 Å². The zero-order valence-corrected chi connectivity index (χ0v) is 11.2. The standard InChI is InChI=1S/C12H13F3O3S/c1-3-9(2)8-18-19(16,17)11-6-4-10(5-7-11)12(13,14)15/h3-7H,8H2,1-2H3/b9-3+. The van der Waals surface area contributed by atoms with Crippen LogP contribution in [-0.2, 0) is 20.5 Å². The van der Waals surface area contributed by atoms with Crippen LogP contribution in [0.3, 0.4) is 0 Å². The zero-order valence-electron chi connectivity index (χ0n) is 10.4. The van der Waals surface area contributed by atoms with Gasteiger partial charge in [0.05, 0.1) is 17.1 Å². The normalized spacial score (nSPS) is 13.6. The van der Waals surface area contributed by atoms with Gasteiger partial charge in [-0.3, -0.25) is 4.18 Å². The van der Waals surface area contributed by atoms with Crippen molar-refractivity contribution in [3.05, 3.63) is 41.5 Å². The fourth-order valence-corrected chi connectivity index (χ4v) is 2.08. The highest BCUT2D eigenvalue weighted by Gasteiger charge is 2.30. The molecule has 0 N–H and O–H groups in total. The maximum absolute atomic E-state index is 12.3. The van der Waals surface area contributed by atoms with Crippen LogP contribution in [0.1, 0.15) is 19.4 Å². The zero-order chi connectivity index (χ0) is 14.7. The highest BCUT2D eigenvalue weighted by Crippen LogP contribution is 2.29. The van der Waals surface area contributed by atoms with Crippen molar-refractivity contribution >= 4 is 10.1 Å². The highest BCUT2D eigenvalue weighted by molar-refractivity contribution is 7.86. The Bertz CT molecular complexity index is 557. The van der Waals surface area contributed by atoms with E-state index in [-0.39, 0.29) is 11.5 Å². The smallest absolute Gasteiger partial charge is 0.262 e. The summed E-state index contributed by atoms with van der Waals surface area (Å²) >= 11 is 0. The number of hydrogen-bond acceptors (Lipinski definition) is 3. The van der Waals surface area contributed by atoms with Crippen molar-refractivity contribution in [3.8, 4) is 0 Å². The van der Waals surface area contributed by atoms with E-state index in [0.717, 1.165) is 12.1 Å². The van der Waals surface area contributed by atoms with Gasteiger partial charge >= 0.3 is 6.18 Å². The van der Waals surface area contributed by atoms with Crippen molar-refractivity contribution in [2.24, 2.45) is 0 Å². The Morgan fingerprint density at radius 2 is 1.79 bits per heavy atom. The molecule has 0 saturated carbocycles. The average Bonchev–Trinajstić information content (AvgIpc) is 2.35. The SMILES string of the molecule is C/C=C(\C)COS(=O)(=O)c1ccc(C(F)(F)F)cc1. The molecule has 0 saturated heterocycles. The summed E-state index contributed by atoms with van der Waals surface area (Å²) in [4.78, 5) is -0.301. The Balaban J connectivity index is 2.91. The van der Waals surface area contributed by atoms with Gasteiger partial charge in [-0.15, -0.1) is 0 Å². The van der Waals surface area contributed by atoms with Gasteiger partial charge in [0.15, 0.2) is 0 Å². The maximum atomic E-state index is 12.3. The molecule has 19 heavy (non-hydrogen) atoms. The molecule has 0 atom stereocenters. The number of rotatable bonds is 4. The summed E-state index contributed by atoms with van der Waals surface area (Å²) in [6.07, 6.45) is -2.81. The van der Waals surface area contributed by atoms with Crippen molar-refractivity contribution in [2.45, 2.75) is 24.9 Å². The predicted octanol–water partition coefficient (Wildman–Crippen LogP) is 3.38. The van der Waals surface area contributed by atoms with Crippen molar-refractivity contribution in [1.29, 1.82) is 0 Å². The monoisotopic (exact) mass is 294 g/mol. The minimum absolute atomic E-state index is 0.125. The van der Waals surface area contributed by atoms with Crippen LogP contribution in [-0.4, -0.2) is 15.0 Å². The first-order chi connectivity index (χ1) is 8.66. The van der Waals surface area contributed by atoms with Gasteiger partial charge in [0.1, 0.15) is 0 Å². The number of hydrogen-bond donors (Lipinski definition) is 0. The molecule has 0 aliphatic heterocycles. The van der Waals surface area contributed by atoms with Gasteiger partial charge < -0.3 is 0 Å². The van der Waals surface area contributed by atoms with Crippen LogP contribution in [0.15, 0.2) is 40.8 Å². The molecule has 0 aromatic heterocycles. The predicted molar refractivity (Wildman–Crippen MR) is 64.0 cm³/mol. The van der Waals surface area contributed by atoms with E-state index in [4.69, 9.17) is 4.18 Å². The van der Waals surface area contributed by atoms with Crippen molar-refractivity contribution in [3.63, 3.8) is 0 Å². The molecule has 1 rings (SSSR count). The van der Waals surface area contributed by atoms with Crippen LogP contribution in [0.5, 0.6) is 0 Å². The third-order valence-corrected chi connectivity index (χ3v) is 3.68. The number of halogens is 3. The van der Waals surface area contributed by atoms with E-state index in [2.05, 4.69) is 0 Å². The molecule has 0 amide bonds. The van der Waals surface area contributed by atoms with Gasteiger partial charge in [-0.25, -0.2) is 0 Å². The molecule has 0 aliphatic rings. The Labute approximate surface area is 109 Å². The molecular formula is C12H13F3O3S. The average molecular weight is 294 g/mol. The van der Waals surface area contributed by atoms with Crippen molar-refractivity contribution in [1.82, 2.24) is 0 Å². The Kier molecular flexibility index (Phi) is 4.75. The lowest BCUT2D eigenvalue weighted by atomic mass is 10.2. The van der Waals surface area contributed by atoms with E-state index in [0.29, 0.717) is 17.7 Å². The second kappa shape index (κ2) is 5.75.